The highest BCUT2D eigenvalue weighted by atomic mass is 15.1. The van der Waals surface area contributed by atoms with Gasteiger partial charge in [-0.2, -0.15) is 0 Å². The van der Waals surface area contributed by atoms with E-state index in [4.69, 9.17) is 5.73 Å². The van der Waals surface area contributed by atoms with Crippen LogP contribution < -0.4 is 5.73 Å². The van der Waals surface area contributed by atoms with Crippen LogP contribution >= 0.6 is 0 Å². The summed E-state index contributed by atoms with van der Waals surface area (Å²) in [4.78, 5) is 10.8. The van der Waals surface area contributed by atoms with Gasteiger partial charge in [-0.1, -0.05) is 24.3 Å². The van der Waals surface area contributed by atoms with Crippen LogP contribution in [0.15, 0.2) is 36.7 Å². The van der Waals surface area contributed by atoms with E-state index in [1.807, 2.05) is 0 Å². The van der Waals surface area contributed by atoms with Gasteiger partial charge in [0.05, 0.1) is 18.1 Å². The molecular weight excluding hydrogens is 236 g/mol. The van der Waals surface area contributed by atoms with Gasteiger partial charge in [0.2, 0.25) is 0 Å². The molecule has 1 aliphatic heterocycles. The van der Waals surface area contributed by atoms with Gasteiger partial charge in [0.1, 0.15) is 5.82 Å². The Bertz CT molecular complexity index is 523. The molecule has 3 rings (SSSR count). The summed E-state index contributed by atoms with van der Waals surface area (Å²) in [7, 11) is 0. The lowest BCUT2D eigenvalue weighted by Crippen LogP contribution is -2.26. The molecule has 2 heterocycles. The summed E-state index contributed by atoms with van der Waals surface area (Å²) in [6, 6.07) is 8.73. The Morgan fingerprint density at radius 1 is 1.00 bits per heavy atom. The van der Waals surface area contributed by atoms with Gasteiger partial charge in [0.15, 0.2) is 0 Å². The molecule has 0 saturated carbocycles. The quantitative estimate of drug-likeness (QED) is 0.885. The van der Waals surface area contributed by atoms with Crippen LogP contribution in [0.3, 0.4) is 0 Å². The molecule has 0 amide bonds. The summed E-state index contributed by atoms with van der Waals surface area (Å²) in [6.45, 7) is 2.99. The minimum absolute atomic E-state index is 0.479. The lowest BCUT2D eigenvalue weighted by Gasteiger charge is -2.18. The van der Waals surface area contributed by atoms with Crippen LogP contribution in [0.25, 0.3) is 0 Å². The highest BCUT2D eigenvalue weighted by Gasteiger charge is 2.14. The monoisotopic (exact) mass is 254 g/mol. The molecule has 4 heteroatoms. The number of hydrogen-bond donors (Lipinski definition) is 1. The van der Waals surface area contributed by atoms with Crippen LogP contribution in [-0.4, -0.2) is 28.0 Å². The Kier molecular flexibility index (Phi) is 3.42. The van der Waals surface area contributed by atoms with Gasteiger partial charge in [0.25, 0.3) is 0 Å². The third-order valence-electron chi connectivity index (χ3n) is 3.62. The number of nitrogen functional groups attached to an aromatic ring is 1. The summed E-state index contributed by atoms with van der Waals surface area (Å²) in [5, 5.41) is 0. The maximum atomic E-state index is 5.56. The third kappa shape index (κ3) is 2.90. The smallest absolute Gasteiger partial charge is 0.141 e. The van der Waals surface area contributed by atoms with Gasteiger partial charge in [0, 0.05) is 19.6 Å². The number of hydrogen-bond acceptors (Lipinski definition) is 4. The Morgan fingerprint density at radius 3 is 2.26 bits per heavy atom. The molecule has 98 valence electrons. The summed E-state index contributed by atoms with van der Waals surface area (Å²) < 4.78 is 0. The summed E-state index contributed by atoms with van der Waals surface area (Å²) in [6.07, 6.45) is 5.62. The minimum atomic E-state index is 0.479. The average molecular weight is 254 g/mol. The second-order valence-corrected chi connectivity index (χ2v) is 4.98. The number of nitrogens with two attached hydrogens (primary N) is 1. The van der Waals surface area contributed by atoms with Crippen LogP contribution in [-0.2, 0) is 19.4 Å². The Balaban J connectivity index is 1.67. The van der Waals surface area contributed by atoms with E-state index in [9.17, 15) is 0 Å². The van der Waals surface area contributed by atoms with Gasteiger partial charge < -0.3 is 5.73 Å². The Labute approximate surface area is 113 Å². The number of rotatable bonds is 2. The Hall–Kier alpha value is -1.94. The van der Waals surface area contributed by atoms with Crippen molar-refractivity contribution < 1.29 is 0 Å². The molecule has 0 saturated heterocycles. The molecule has 0 aliphatic carbocycles. The summed E-state index contributed by atoms with van der Waals surface area (Å²) >= 11 is 0. The maximum absolute atomic E-state index is 5.56. The Morgan fingerprint density at radius 2 is 1.68 bits per heavy atom. The highest BCUT2D eigenvalue weighted by molar-refractivity contribution is 5.28. The first kappa shape index (κ1) is 12.1. The predicted octanol–water partition coefficient (Wildman–Crippen LogP) is 1.66. The van der Waals surface area contributed by atoms with E-state index in [-0.39, 0.29) is 0 Å². The molecule has 2 N–H and O–H groups in total. The van der Waals surface area contributed by atoms with Gasteiger partial charge in [-0.3, -0.25) is 9.88 Å². The first-order valence-corrected chi connectivity index (χ1v) is 6.67. The van der Waals surface area contributed by atoms with E-state index >= 15 is 0 Å². The van der Waals surface area contributed by atoms with Gasteiger partial charge in [-0.15, -0.1) is 0 Å². The van der Waals surface area contributed by atoms with Crippen molar-refractivity contribution in [1.29, 1.82) is 0 Å². The van der Waals surface area contributed by atoms with E-state index in [2.05, 4.69) is 39.1 Å². The van der Waals surface area contributed by atoms with E-state index in [0.717, 1.165) is 38.2 Å². The SMILES string of the molecule is Nc1cnc(CN2CCc3ccccc3CC2)cn1. The fraction of sp³-hybridized carbons (Fsp3) is 0.333. The largest absolute Gasteiger partial charge is 0.382 e. The van der Waals surface area contributed by atoms with Crippen LogP contribution in [0.1, 0.15) is 16.8 Å². The molecule has 0 unspecified atom stereocenters. The number of anilines is 1. The van der Waals surface area contributed by atoms with Crippen molar-refractivity contribution >= 4 is 5.82 Å². The molecule has 0 atom stereocenters. The zero-order valence-electron chi connectivity index (χ0n) is 10.9. The molecule has 0 bridgehead atoms. The molecule has 19 heavy (non-hydrogen) atoms. The van der Waals surface area contributed by atoms with Gasteiger partial charge in [-0.25, -0.2) is 4.98 Å². The molecular formula is C15H18N4. The van der Waals surface area contributed by atoms with Crippen molar-refractivity contribution in [3.63, 3.8) is 0 Å². The fourth-order valence-electron chi connectivity index (χ4n) is 2.55. The van der Waals surface area contributed by atoms with Crippen molar-refractivity contribution in [1.82, 2.24) is 14.9 Å². The van der Waals surface area contributed by atoms with Gasteiger partial charge in [-0.05, 0) is 24.0 Å². The number of benzene rings is 1. The molecule has 1 aliphatic rings. The van der Waals surface area contributed by atoms with Crippen molar-refractivity contribution in [2.45, 2.75) is 19.4 Å². The molecule has 1 aromatic heterocycles. The third-order valence-corrected chi connectivity index (χ3v) is 3.62. The van der Waals surface area contributed by atoms with Gasteiger partial charge >= 0.3 is 0 Å². The van der Waals surface area contributed by atoms with Crippen molar-refractivity contribution in [2.75, 3.05) is 18.8 Å². The van der Waals surface area contributed by atoms with Crippen molar-refractivity contribution in [3.8, 4) is 0 Å². The zero-order valence-corrected chi connectivity index (χ0v) is 10.9. The van der Waals surface area contributed by atoms with Crippen molar-refractivity contribution in [2.24, 2.45) is 0 Å². The van der Waals surface area contributed by atoms with Crippen LogP contribution in [0.2, 0.25) is 0 Å². The fourth-order valence-corrected chi connectivity index (χ4v) is 2.55. The lowest BCUT2D eigenvalue weighted by atomic mass is 10.0. The zero-order chi connectivity index (χ0) is 13.1. The predicted molar refractivity (Wildman–Crippen MR) is 75.6 cm³/mol. The minimum Gasteiger partial charge on any atom is -0.382 e. The summed E-state index contributed by atoms with van der Waals surface area (Å²) in [5.74, 6) is 0.479. The van der Waals surface area contributed by atoms with E-state index < -0.39 is 0 Å². The number of fused-ring (bicyclic) bond motifs is 1. The van der Waals surface area contributed by atoms with E-state index in [1.165, 1.54) is 11.1 Å². The molecule has 0 spiro atoms. The second kappa shape index (κ2) is 5.36. The standard InChI is InChI=1S/C15H18N4/c16-15-10-17-14(9-18-15)11-19-7-5-12-3-1-2-4-13(12)6-8-19/h1-4,9-10H,5-8,11H2,(H2,16,18). The second-order valence-electron chi connectivity index (χ2n) is 4.98. The molecule has 2 aromatic rings. The summed E-state index contributed by atoms with van der Waals surface area (Å²) in [5.41, 5.74) is 9.50. The molecule has 0 fully saturated rings. The average Bonchev–Trinajstić information content (AvgIpc) is 2.64. The van der Waals surface area contributed by atoms with Crippen LogP contribution in [0, 0.1) is 0 Å². The first-order valence-electron chi connectivity index (χ1n) is 6.67. The maximum Gasteiger partial charge on any atom is 0.141 e. The highest BCUT2D eigenvalue weighted by Crippen LogP contribution is 2.16. The molecule has 1 aromatic carbocycles. The van der Waals surface area contributed by atoms with Crippen molar-refractivity contribution in [3.05, 3.63) is 53.5 Å². The van der Waals surface area contributed by atoms with Crippen LogP contribution in [0.4, 0.5) is 5.82 Å². The van der Waals surface area contributed by atoms with E-state index in [0.29, 0.717) is 5.82 Å². The molecule has 0 radical (unpaired) electrons. The van der Waals surface area contributed by atoms with Crippen LogP contribution in [0.5, 0.6) is 0 Å². The normalized spacial score (nSPS) is 15.8. The topological polar surface area (TPSA) is 55.0 Å². The van der Waals surface area contributed by atoms with E-state index in [1.54, 1.807) is 12.4 Å². The number of nitrogens with zero attached hydrogens (tertiary/aromatic N) is 3. The first-order chi connectivity index (χ1) is 9.31. The number of aromatic nitrogens is 2. The lowest BCUT2D eigenvalue weighted by molar-refractivity contribution is 0.275. The molecule has 4 nitrogen and oxygen atoms in total.